The average Bonchev–Trinajstić information content (AvgIpc) is 2.68. The average molecular weight is 374 g/mol. The number of phenols is 1. The van der Waals surface area contributed by atoms with Crippen LogP contribution in [0.4, 0.5) is 0 Å². The fraction of sp³-hybridized carbons (Fsp3) is 0.263. The first kappa shape index (κ1) is 19.9. The van der Waals surface area contributed by atoms with Crippen LogP contribution in [0.1, 0.15) is 22.8 Å². The van der Waals surface area contributed by atoms with Gasteiger partial charge in [0, 0.05) is 5.56 Å². The van der Waals surface area contributed by atoms with Crippen LogP contribution in [-0.2, 0) is 0 Å². The predicted molar refractivity (Wildman–Crippen MR) is 100 cm³/mol. The smallest absolute Gasteiger partial charge is 0.271 e. The van der Waals surface area contributed by atoms with Crippen LogP contribution in [0, 0.1) is 0 Å². The number of methoxy groups -OCH3 is 3. The van der Waals surface area contributed by atoms with E-state index in [-0.39, 0.29) is 11.3 Å². The molecule has 0 heterocycles. The fourth-order valence-electron chi connectivity index (χ4n) is 2.33. The molecule has 0 unspecified atom stereocenters. The fourth-order valence-corrected chi connectivity index (χ4v) is 2.33. The molecule has 8 heteroatoms. The van der Waals surface area contributed by atoms with Gasteiger partial charge in [-0.2, -0.15) is 5.10 Å². The molecule has 27 heavy (non-hydrogen) atoms. The van der Waals surface area contributed by atoms with Crippen molar-refractivity contribution in [3.05, 3.63) is 41.5 Å². The summed E-state index contributed by atoms with van der Waals surface area (Å²) in [5.74, 6) is 1.04. The molecule has 2 aromatic rings. The molecule has 1 amide bonds. The van der Waals surface area contributed by atoms with Gasteiger partial charge in [-0.25, -0.2) is 5.43 Å². The van der Waals surface area contributed by atoms with Crippen molar-refractivity contribution in [2.24, 2.45) is 5.10 Å². The zero-order chi connectivity index (χ0) is 19.8. The van der Waals surface area contributed by atoms with E-state index < -0.39 is 5.91 Å². The molecule has 8 nitrogen and oxygen atoms in total. The summed E-state index contributed by atoms with van der Waals surface area (Å²) in [7, 11) is 4.42. The van der Waals surface area contributed by atoms with E-state index in [0.29, 0.717) is 35.2 Å². The summed E-state index contributed by atoms with van der Waals surface area (Å²) < 4.78 is 20.9. The first-order chi connectivity index (χ1) is 13.0. The summed E-state index contributed by atoms with van der Waals surface area (Å²) in [4.78, 5) is 12.3. The van der Waals surface area contributed by atoms with Gasteiger partial charge in [0.1, 0.15) is 0 Å². The van der Waals surface area contributed by atoms with E-state index in [2.05, 4.69) is 10.5 Å². The Bertz CT molecular complexity index is 810. The standard InChI is InChI=1S/C19H22N2O6/c1-5-27-15-7-6-12(8-14(15)22)11-20-21-19(23)13-9-16(24-2)18(26-4)17(10-13)25-3/h6-11,22H,5H2,1-4H3,(H,21,23). The highest BCUT2D eigenvalue weighted by atomic mass is 16.5. The minimum atomic E-state index is -0.458. The maximum atomic E-state index is 12.3. The summed E-state index contributed by atoms with van der Waals surface area (Å²) >= 11 is 0. The van der Waals surface area contributed by atoms with E-state index in [1.165, 1.54) is 45.7 Å². The number of hydrazone groups is 1. The molecule has 0 aliphatic rings. The molecular formula is C19H22N2O6. The van der Waals surface area contributed by atoms with Crippen LogP contribution in [-0.4, -0.2) is 45.2 Å². The van der Waals surface area contributed by atoms with Crippen molar-refractivity contribution in [3.8, 4) is 28.7 Å². The third-order valence-electron chi connectivity index (χ3n) is 3.59. The normalized spacial score (nSPS) is 10.5. The van der Waals surface area contributed by atoms with E-state index in [1.54, 1.807) is 12.1 Å². The molecule has 0 fully saturated rings. The Morgan fingerprint density at radius 1 is 1.07 bits per heavy atom. The topological polar surface area (TPSA) is 98.6 Å². The van der Waals surface area contributed by atoms with E-state index in [1.807, 2.05) is 6.92 Å². The van der Waals surface area contributed by atoms with Gasteiger partial charge in [0.2, 0.25) is 5.75 Å². The number of benzene rings is 2. The monoisotopic (exact) mass is 374 g/mol. The molecule has 144 valence electrons. The number of ether oxygens (including phenoxy) is 4. The lowest BCUT2D eigenvalue weighted by Gasteiger charge is -2.13. The van der Waals surface area contributed by atoms with Crippen molar-refractivity contribution in [3.63, 3.8) is 0 Å². The quantitative estimate of drug-likeness (QED) is 0.544. The molecular weight excluding hydrogens is 352 g/mol. The van der Waals surface area contributed by atoms with Crippen LogP contribution < -0.4 is 24.4 Å². The highest BCUT2D eigenvalue weighted by molar-refractivity contribution is 5.96. The summed E-state index contributed by atoms with van der Waals surface area (Å²) in [6.07, 6.45) is 1.41. The van der Waals surface area contributed by atoms with Crippen LogP contribution in [0.5, 0.6) is 28.7 Å². The van der Waals surface area contributed by atoms with Gasteiger partial charge in [-0.3, -0.25) is 4.79 Å². The van der Waals surface area contributed by atoms with E-state index >= 15 is 0 Å². The van der Waals surface area contributed by atoms with Gasteiger partial charge in [0.05, 0.1) is 34.2 Å². The first-order valence-electron chi connectivity index (χ1n) is 8.13. The van der Waals surface area contributed by atoms with E-state index in [9.17, 15) is 9.90 Å². The Hall–Kier alpha value is -3.42. The number of rotatable bonds is 8. The first-order valence-corrected chi connectivity index (χ1v) is 8.13. The lowest BCUT2D eigenvalue weighted by molar-refractivity contribution is 0.0954. The number of hydrogen-bond donors (Lipinski definition) is 2. The number of phenolic OH excluding ortho intramolecular Hbond substituents is 1. The van der Waals surface area contributed by atoms with Crippen LogP contribution in [0.2, 0.25) is 0 Å². The van der Waals surface area contributed by atoms with Gasteiger partial charge in [-0.15, -0.1) is 0 Å². The van der Waals surface area contributed by atoms with Crippen LogP contribution >= 0.6 is 0 Å². The Morgan fingerprint density at radius 2 is 1.74 bits per heavy atom. The lowest BCUT2D eigenvalue weighted by Crippen LogP contribution is -2.18. The number of carbonyl (C=O) groups is 1. The zero-order valence-corrected chi connectivity index (χ0v) is 15.6. The van der Waals surface area contributed by atoms with Crippen molar-refractivity contribution in [2.45, 2.75) is 6.92 Å². The van der Waals surface area contributed by atoms with Gasteiger partial charge < -0.3 is 24.1 Å². The molecule has 0 saturated heterocycles. The number of carbonyl (C=O) groups excluding carboxylic acids is 1. The molecule has 0 spiro atoms. The van der Waals surface area contributed by atoms with Crippen molar-refractivity contribution in [1.82, 2.24) is 5.43 Å². The molecule has 0 saturated carbocycles. The van der Waals surface area contributed by atoms with E-state index in [4.69, 9.17) is 18.9 Å². The third-order valence-corrected chi connectivity index (χ3v) is 3.59. The Morgan fingerprint density at radius 3 is 2.26 bits per heavy atom. The molecule has 0 radical (unpaired) electrons. The molecule has 2 aromatic carbocycles. The highest BCUT2D eigenvalue weighted by Crippen LogP contribution is 2.38. The third kappa shape index (κ3) is 4.81. The molecule has 2 N–H and O–H groups in total. The maximum Gasteiger partial charge on any atom is 0.271 e. The van der Waals surface area contributed by atoms with Gasteiger partial charge in [0.25, 0.3) is 5.91 Å². The number of amides is 1. The molecule has 0 atom stereocenters. The summed E-state index contributed by atoms with van der Waals surface area (Å²) in [6.45, 7) is 2.28. The number of nitrogens with one attached hydrogen (secondary N) is 1. The van der Waals surface area contributed by atoms with Crippen molar-refractivity contribution in [1.29, 1.82) is 0 Å². The van der Waals surface area contributed by atoms with Gasteiger partial charge in [-0.05, 0) is 42.8 Å². The van der Waals surface area contributed by atoms with Crippen molar-refractivity contribution >= 4 is 12.1 Å². The molecule has 0 bridgehead atoms. The summed E-state index contributed by atoms with van der Waals surface area (Å²) in [5, 5.41) is 13.8. The molecule has 0 aliphatic carbocycles. The maximum absolute atomic E-state index is 12.3. The van der Waals surface area contributed by atoms with Crippen molar-refractivity contribution < 1.29 is 28.8 Å². The molecule has 0 aromatic heterocycles. The summed E-state index contributed by atoms with van der Waals surface area (Å²) in [5.41, 5.74) is 3.30. The minimum Gasteiger partial charge on any atom is -0.504 e. The van der Waals surface area contributed by atoms with Crippen LogP contribution in [0.15, 0.2) is 35.4 Å². The van der Waals surface area contributed by atoms with Gasteiger partial charge in [-0.1, -0.05) is 0 Å². The second-order valence-electron chi connectivity index (χ2n) is 5.27. The molecule has 0 aliphatic heterocycles. The highest BCUT2D eigenvalue weighted by Gasteiger charge is 2.16. The lowest BCUT2D eigenvalue weighted by atomic mass is 10.1. The predicted octanol–water partition coefficient (Wildman–Crippen LogP) is 2.58. The SMILES string of the molecule is CCOc1ccc(C=NNC(=O)c2cc(OC)c(OC)c(OC)c2)cc1O. The van der Waals surface area contributed by atoms with Crippen LogP contribution in [0.3, 0.4) is 0 Å². The second kappa shape index (κ2) is 9.33. The zero-order valence-electron chi connectivity index (χ0n) is 15.6. The Labute approximate surface area is 157 Å². The van der Waals surface area contributed by atoms with Gasteiger partial charge in [0.15, 0.2) is 23.0 Å². The minimum absolute atomic E-state index is 0.00301. The number of nitrogens with zero attached hydrogens (tertiary/aromatic N) is 1. The van der Waals surface area contributed by atoms with E-state index in [0.717, 1.165) is 0 Å². The van der Waals surface area contributed by atoms with Crippen molar-refractivity contribution in [2.75, 3.05) is 27.9 Å². The number of aromatic hydroxyl groups is 1. The van der Waals surface area contributed by atoms with Gasteiger partial charge >= 0.3 is 0 Å². The largest absolute Gasteiger partial charge is 0.504 e. The number of hydrogen-bond acceptors (Lipinski definition) is 7. The Kier molecular flexibility index (Phi) is 6.87. The van der Waals surface area contributed by atoms with Crippen LogP contribution in [0.25, 0.3) is 0 Å². The Balaban J connectivity index is 2.13. The summed E-state index contributed by atoms with van der Waals surface area (Å²) in [6, 6.07) is 7.87. The molecule has 2 rings (SSSR count). The second-order valence-corrected chi connectivity index (χ2v) is 5.27.